The van der Waals surface area contributed by atoms with Crippen molar-refractivity contribution in [3.8, 4) is 0 Å². The van der Waals surface area contributed by atoms with Crippen LogP contribution < -0.4 is 0 Å². The minimum absolute atomic E-state index is 0.171. The van der Waals surface area contributed by atoms with Crippen LogP contribution in [0.25, 0.3) is 0 Å². The van der Waals surface area contributed by atoms with Gasteiger partial charge in [0.1, 0.15) is 55.4 Å². The zero-order valence-electron chi connectivity index (χ0n) is 45.0. The van der Waals surface area contributed by atoms with E-state index in [0.29, 0.717) is 12.8 Å². The third-order valence-corrected chi connectivity index (χ3v) is 14.4. The molecule has 2 aliphatic rings. The van der Waals surface area contributed by atoms with Gasteiger partial charge in [0.2, 0.25) is 0 Å². The number of rotatable bonds is 48. The van der Waals surface area contributed by atoms with Crippen LogP contribution in [0.5, 0.6) is 0 Å². The second kappa shape index (κ2) is 44.4. The lowest BCUT2D eigenvalue weighted by Crippen LogP contribution is -2.61. The van der Waals surface area contributed by atoms with Gasteiger partial charge in [0.15, 0.2) is 18.7 Å². The Morgan fingerprint density at radius 3 is 1.24 bits per heavy atom. The van der Waals surface area contributed by atoms with Crippen LogP contribution in [-0.4, -0.2) is 142 Å². The third kappa shape index (κ3) is 31.3. The molecule has 11 atom stereocenters. The third-order valence-electron chi connectivity index (χ3n) is 14.4. The summed E-state index contributed by atoms with van der Waals surface area (Å²) < 4.78 is 33.7. The molecule has 0 aromatic carbocycles. The molecular formula is C57H106O15. The molecule has 0 aliphatic carbocycles. The molecule has 0 radical (unpaired) electrons. The van der Waals surface area contributed by atoms with Crippen LogP contribution in [0.1, 0.15) is 244 Å². The van der Waals surface area contributed by atoms with Crippen LogP contribution in [0, 0.1) is 0 Å². The van der Waals surface area contributed by atoms with E-state index in [4.69, 9.17) is 28.4 Å². The number of hydrogen-bond acceptors (Lipinski definition) is 15. The number of hydrogen-bond donors (Lipinski definition) is 7. The molecule has 0 aromatic heterocycles. The summed E-state index contributed by atoms with van der Waals surface area (Å²) in [6, 6.07) is 0. The highest BCUT2D eigenvalue weighted by Crippen LogP contribution is 2.27. The van der Waals surface area contributed by atoms with Gasteiger partial charge in [0, 0.05) is 12.8 Å². The number of carbonyl (C=O) groups is 2. The molecule has 0 amide bonds. The van der Waals surface area contributed by atoms with Crippen molar-refractivity contribution in [1.82, 2.24) is 0 Å². The second-order valence-electron chi connectivity index (χ2n) is 20.9. The SMILES string of the molecule is C=CCCCCCCCCCCCCCCCC(=O)OC[C@H](CO[C@H]1O[C@@H](CO[C@H]2O[C@@H](CO)[C@@H](O)C(O)C2O)[C@@H](O)C(O)C1O)OC(=O)CCCCCCCCCCCCCCCCCCCCCCC. The zero-order chi connectivity index (χ0) is 52.4. The highest BCUT2D eigenvalue weighted by molar-refractivity contribution is 5.70. The second-order valence-corrected chi connectivity index (χ2v) is 20.9. The van der Waals surface area contributed by atoms with Gasteiger partial charge < -0.3 is 64.2 Å². The Labute approximate surface area is 435 Å². The van der Waals surface area contributed by atoms with Crippen LogP contribution in [0.3, 0.4) is 0 Å². The van der Waals surface area contributed by atoms with Crippen LogP contribution in [-0.2, 0) is 38.0 Å². The molecule has 0 saturated carbocycles. The first-order valence-electron chi connectivity index (χ1n) is 29.2. The maximum Gasteiger partial charge on any atom is 0.306 e. The number of aliphatic hydroxyl groups excluding tert-OH is 7. The van der Waals surface area contributed by atoms with Crippen LogP contribution in [0.2, 0.25) is 0 Å². The Balaban J connectivity index is 1.73. The fourth-order valence-electron chi connectivity index (χ4n) is 9.61. The maximum absolute atomic E-state index is 13.1. The minimum atomic E-state index is -1.76. The highest BCUT2D eigenvalue weighted by Gasteiger charge is 2.47. The monoisotopic (exact) mass is 1030 g/mol. The van der Waals surface area contributed by atoms with E-state index in [-0.39, 0.29) is 26.1 Å². The van der Waals surface area contributed by atoms with Crippen molar-refractivity contribution in [3.05, 3.63) is 12.7 Å². The fourth-order valence-corrected chi connectivity index (χ4v) is 9.61. The Morgan fingerprint density at radius 1 is 0.458 bits per heavy atom. The van der Waals surface area contributed by atoms with Gasteiger partial charge >= 0.3 is 11.9 Å². The summed E-state index contributed by atoms with van der Waals surface area (Å²) >= 11 is 0. The normalized spacial score (nSPS) is 24.8. The van der Waals surface area contributed by atoms with E-state index >= 15 is 0 Å². The van der Waals surface area contributed by atoms with Gasteiger partial charge in [-0.05, 0) is 25.7 Å². The van der Waals surface area contributed by atoms with Gasteiger partial charge in [-0.2, -0.15) is 0 Å². The number of allylic oxidation sites excluding steroid dienone is 1. The summed E-state index contributed by atoms with van der Waals surface area (Å²) in [5.41, 5.74) is 0. The maximum atomic E-state index is 13.1. The lowest BCUT2D eigenvalue weighted by molar-refractivity contribution is -0.332. The molecule has 0 spiro atoms. The van der Waals surface area contributed by atoms with Crippen molar-refractivity contribution >= 4 is 11.9 Å². The van der Waals surface area contributed by atoms with Crippen LogP contribution >= 0.6 is 0 Å². The average molecular weight is 1030 g/mol. The van der Waals surface area contributed by atoms with Crippen LogP contribution in [0.4, 0.5) is 0 Å². The first-order valence-corrected chi connectivity index (χ1v) is 29.2. The zero-order valence-corrected chi connectivity index (χ0v) is 45.0. The highest BCUT2D eigenvalue weighted by atomic mass is 16.7. The average Bonchev–Trinajstić information content (AvgIpc) is 3.37. The van der Waals surface area contributed by atoms with E-state index in [0.717, 1.165) is 44.9 Å². The molecule has 15 heteroatoms. The van der Waals surface area contributed by atoms with Crippen molar-refractivity contribution in [2.75, 3.05) is 26.4 Å². The standard InChI is InChI=1S/C57H106O15/c1-3-5-7-9-11-13-15-17-19-20-21-22-23-24-26-28-30-32-34-36-38-40-49(60)70-45(42-67-48(59)39-37-35-33-31-29-27-25-18-16-14-12-10-8-6-4-2)43-68-56-55(66)53(64)51(62)47(72-56)44-69-57-54(65)52(63)50(61)46(41-58)71-57/h4,45-47,50-58,61-66H,2-3,5-44H2,1H3/t45-,46+,47+,50-,51-,52?,53?,54?,55?,56+,57+/m1/s1. The summed E-state index contributed by atoms with van der Waals surface area (Å²) in [6.45, 7) is 4.18. The predicted octanol–water partition coefficient (Wildman–Crippen LogP) is 9.72. The summed E-state index contributed by atoms with van der Waals surface area (Å²) in [5.74, 6) is -0.911. The van der Waals surface area contributed by atoms with Gasteiger partial charge in [-0.25, -0.2) is 0 Å². The van der Waals surface area contributed by atoms with Gasteiger partial charge in [0.05, 0.1) is 19.8 Å². The molecule has 0 aromatic rings. The molecule has 7 N–H and O–H groups in total. The number of esters is 2. The summed E-state index contributed by atoms with van der Waals surface area (Å²) in [6.07, 6.45) is 28.4. The molecule has 424 valence electrons. The summed E-state index contributed by atoms with van der Waals surface area (Å²) in [7, 11) is 0. The van der Waals surface area contributed by atoms with E-state index in [1.165, 1.54) is 167 Å². The first kappa shape index (κ1) is 66.4. The summed E-state index contributed by atoms with van der Waals surface area (Å²) in [4.78, 5) is 25.9. The molecule has 2 fully saturated rings. The largest absolute Gasteiger partial charge is 0.462 e. The van der Waals surface area contributed by atoms with Gasteiger partial charge in [-0.3, -0.25) is 9.59 Å². The quantitative estimate of drug-likeness (QED) is 0.0171. The van der Waals surface area contributed by atoms with Gasteiger partial charge in [-0.15, -0.1) is 6.58 Å². The lowest BCUT2D eigenvalue weighted by Gasteiger charge is -2.42. The lowest BCUT2D eigenvalue weighted by atomic mass is 9.98. The minimum Gasteiger partial charge on any atom is -0.462 e. The molecule has 2 rings (SSSR count). The number of carbonyl (C=O) groups excluding carboxylic acids is 2. The topological polar surface area (TPSA) is 231 Å². The van der Waals surface area contributed by atoms with Crippen molar-refractivity contribution in [2.24, 2.45) is 0 Å². The van der Waals surface area contributed by atoms with Crippen molar-refractivity contribution in [2.45, 2.75) is 312 Å². The van der Waals surface area contributed by atoms with Crippen LogP contribution in [0.15, 0.2) is 12.7 Å². The molecular weight excluding hydrogens is 925 g/mol. The molecule has 0 bridgehead atoms. The Hall–Kier alpha value is -1.76. The number of ether oxygens (including phenoxy) is 6. The van der Waals surface area contributed by atoms with Crippen molar-refractivity contribution in [1.29, 1.82) is 0 Å². The fraction of sp³-hybridized carbons (Fsp3) is 0.930. The smallest absolute Gasteiger partial charge is 0.306 e. The Bertz CT molecular complexity index is 1290. The predicted molar refractivity (Wildman–Crippen MR) is 280 cm³/mol. The van der Waals surface area contributed by atoms with E-state index in [2.05, 4.69) is 13.5 Å². The molecule has 72 heavy (non-hydrogen) atoms. The van der Waals surface area contributed by atoms with E-state index in [1.54, 1.807) is 0 Å². The Morgan fingerprint density at radius 2 is 0.819 bits per heavy atom. The first-order chi connectivity index (χ1) is 35.0. The molecule has 2 saturated heterocycles. The van der Waals surface area contributed by atoms with E-state index in [1.807, 2.05) is 6.08 Å². The number of unbranched alkanes of at least 4 members (excludes halogenated alkanes) is 33. The van der Waals surface area contributed by atoms with E-state index < -0.39 is 92.7 Å². The van der Waals surface area contributed by atoms with Crippen molar-refractivity contribution in [3.63, 3.8) is 0 Å². The molecule has 4 unspecified atom stereocenters. The number of aliphatic hydroxyl groups is 7. The molecule has 15 nitrogen and oxygen atoms in total. The molecule has 2 heterocycles. The van der Waals surface area contributed by atoms with Gasteiger partial charge in [-0.1, -0.05) is 212 Å². The van der Waals surface area contributed by atoms with E-state index in [9.17, 15) is 45.3 Å². The van der Waals surface area contributed by atoms with Crippen molar-refractivity contribution < 1.29 is 73.8 Å². The van der Waals surface area contributed by atoms with Gasteiger partial charge in [0.25, 0.3) is 0 Å². The Kier molecular flexibility index (Phi) is 40.9. The summed E-state index contributed by atoms with van der Waals surface area (Å²) in [5, 5.41) is 72.3. The molecule has 2 aliphatic heterocycles.